The number of carbonyl (C=O) groups is 1. The van der Waals surface area contributed by atoms with Crippen molar-refractivity contribution in [1.82, 2.24) is 9.97 Å². The second-order valence-electron chi connectivity index (χ2n) is 3.12. The zero-order chi connectivity index (χ0) is 10.8. The van der Waals surface area contributed by atoms with Gasteiger partial charge in [-0.2, -0.15) is 0 Å². The summed E-state index contributed by atoms with van der Waals surface area (Å²) in [4.78, 5) is 17.6. The van der Waals surface area contributed by atoms with Crippen LogP contribution in [0.15, 0.2) is 30.5 Å². The standard InChI is InChI=1S/C10H10N4O/c11-9(15)7-3-1-6(2-4-7)8-5-13-10(12)14-8/h1-5H,(H2,11,15)(H3,12,13,14). The minimum absolute atomic E-state index is 0.365. The number of imidazole rings is 1. The first-order valence-corrected chi connectivity index (χ1v) is 4.37. The molecule has 0 unspecified atom stereocenters. The van der Waals surface area contributed by atoms with Crippen molar-refractivity contribution >= 4 is 11.9 Å². The minimum atomic E-state index is -0.439. The minimum Gasteiger partial charge on any atom is -0.369 e. The van der Waals surface area contributed by atoms with Gasteiger partial charge in [-0.3, -0.25) is 4.79 Å². The molecule has 2 rings (SSSR count). The molecule has 0 atom stereocenters. The van der Waals surface area contributed by atoms with Crippen LogP contribution in [0, 0.1) is 0 Å². The van der Waals surface area contributed by atoms with Gasteiger partial charge < -0.3 is 16.5 Å². The Hall–Kier alpha value is -2.30. The van der Waals surface area contributed by atoms with Crippen molar-refractivity contribution < 1.29 is 4.79 Å². The van der Waals surface area contributed by atoms with E-state index in [9.17, 15) is 4.79 Å². The molecule has 1 amide bonds. The molecule has 5 N–H and O–H groups in total. The van der Waals surface area contributed by atoms with Gasteiger partial charge in [0.25, 0.3) is 0 Å². The number of nitrogens with two attached hydrogens (primary N) is 2. The smallest absolute Gasteiger partial charge is 0.248 e. The summed E-state index contributed by atoms with van der Waals surface area (Å²) in [5, 5.41) is 0. The van der Waals surface area contributed by atoms with Crippen molar-refractivity contribution in [1.29, 1.82) is 0 Å². The number of benzene rings is 1. The van der Waals surface area contributed by atoms with Crippen molar-refractivity contribution in [2.75, 3.05) is 5.73 Å². The fourth-order valence-corrected chi connectivity index (χ4v) is 1.30. The molecule has 15 heavy (non-hydrogen) atoms. The van der Waals surface area contributed by atoms with E-state index in [2.05, 4.69) is 9.97 Å². The van der Waals surface area contributed by atoms with Gasteiger partial charge in [0.2, 0.25) is 5.91 Å². The Morgan fingerprint density at radius 3 is 2.40 bits per heavy atom. The quantitative estimate of drug-likeness (QED) is 0.670. The molecule has 0 aliphatic carbocycles. The molecule has 0 bridgehead atoms. The number of hydrogen-bond acceptors (Lipinski definition) is 3. The first kappa shape index (κ1) is 9.26. The number of amides is 1. The summed E-state index contributed by atoms with van der Waals surface area (Å²) >= 11 is 0. The average molecular weight is 202 g/mol. The van der Waals surface area contributed by atoms with Gasteiger partial charge >= 0.3 is 0 Å². The second kappa shape index (κ2) is 3.45. The molecule has 5 nitrogen and oxygen atoms in total. The van der Waals surface area contributed by atoms with Crippen molar-refractivity contribution in [2.45, 2.75) is 0 Å². The first-order valence-electron chi connectivity index (χ1n) is 4.37. The van der Waals surface area contributed by atoms with Crippen LogP contribution in [-0.2, 0) is 0 Å². The molecule has 1 aromatic heterocycles. The highest BCUT2D eigenvalue weighted by atomic mass is 16.1. The van der Waals surface area contributed by atoms with E-state index < -0.39 is 5.91 Å². The number of anilines is 1. The van der Waals surface area contributed by atoms with E-state index in [1.165, 1.54) is 0 Å². The van der Waals surface area contributed by atoms with Crippen LogP contribution < -0.4 is 11.5 Å². The predicted molar refractivity (Wildman–Crippen MR) is 57.0 cm³/mol. The van der Waals surface area contributed by atoms with Gasteiger partial charge in [0.1, 0.15) is 0 Å². The maximum Gasteiger partial charge on any atom is 0.248 e. The highest BCUT2D eigenvalue weighted by Crippen LogP contribution is 2.17. The summed E-state index contributed by atoms with van der Waals surface area (Å²) in [7, 11) is 0. The Balaban J connectivity index is 2.35. The van der Waals surface area contributed by atoms with Gasteiger partial charge in [-0.05, 0) is 17.7 Å². The van der Waals surface area contributed by atoms with Crippen LogP contribution >= 0.6 is 0 Å². The fourth-order valence-electron chi connectivity index (χ4n) is 1.30. The van der Waals surface area contributed by atoms with E-state index in [4.69, 9.17) is 11.5 Å². The van der Waals surface area contributed by atoms with Crippen LogP contribution in [0.25, 0.3) is 11.3 Å². The number of aromatic amines is 1. The van der Waals surface area contributed by atoms with Crippen molar-refractivity contribution in [2.24, 2.45) is 5.73 Å². The SMILES string of the molecule is NC(=O)c1ccc(-c2cnc(N)[nH]2)cc1. The van der Waals surface area contributed by atoms with E-state index in [0.717, 1.165) is 11.3 Å². The van der Waals surface area contributed by atoms with Gasteiger partial charge in [0.15, 0.2) is 5.95 Å². The molecule has 2 aromatic rings. The third-order valence-corrected chi connectivity index (χ3v) is 2.08. The van der Waals surface area contributed by atoms with Gasteiger partial charge in [0, 0.05) is 5.56 Å². The van der Waals surface area contributed by atoms with Crippen LogP contribution in [0.1, 0.15) is 10.4 Å². The number of nitrogens with zero attached hydrogens (tertiary/aromatic N) is 1. The Morgan fingerprint density at radius 1 is 1.27 bits per heavy atom. The molecule has 1 aromatic carbocycles. The molecule has 5 heteroatoms. The summed E-state index contributed by atoms with van der Waals surface area (Å²) in [6.07, 6.45) is 1.63. The Labute approximate surface area is 86.1 Å². The number of hydrogen-bond donors (Lipinski definition) is 3. The van der Waals surface area contributed by atoms with Gasteiger partial charge in [-0.25, -0.2) is 4.98 Å². The van der Waals surface area contributed by atoms with E-state index in [1.54, 1.807) is 30.5 Å². The normalized spacial score (nSPS) is 10.1. The molecule has 1 heterocycles. The van der Waals surface area contributed by atoms with Crippen LogP contribution in [-0.4, -0.2) is 15.9 Å². The summed E-state index contributed by atoms with van der Waals surface area (Å²) in [5.74, 6) is -0.0744. The maximum absolute atomic E-state index is 10.8. The number of rotatable bonds is 2. The van der Waals surface area contributed by atoms with E-state index >= 15 is 0 Å². The lowest BCUT2D eigenvalue weighted by Gasteiger charge is -1.98. The monoisotopic (exact) mass is 202 g/mol. The van der Waals surface area contributed by atoms with Gasteiger partial charge in [0.05, 0.1) is 11.9 Å². The van der Waals surface area contributed by atoms with E-state index in [0.29, 0.717) is 11.5 Å². The lowest BCUT2D eigenvalue weighted by molar-refractivity contribution is 0.100. The van der Waals surface area contributed by atoms with Crippen LogP contribution in [0.4, 0.5) is 5.95 Å². The molecule has 0 radical (unpaired) electrons. The third kappa shape index (κ3) is 1.80. The highest BCUT2D eigenvalue weighted by molar-refractivity contribution is 5.93. The topological polar surface area (TPSA) is 97.8 Å². The number of aromatic nitrogens is 2. The molecule has 0 spiro atoms. The van der Waals surface area contributed by atoms with Crippen molar-refractivity contribution in [3.05, 3.63) is 36.0 Å². The zero-order valence-electron chi connectivity index (χ0n) is 7.90. The number of nitrogens with one attached hydrogen (secondary N) is 1. The maximum atomic E-state index is 10.8. The molecule has 0 aliphatic heterocycles. The van der Waals surface area contributed by atoms with Crippen molar-refractivity contribution in [3.8, 4) is 11.3 Å². The molecule has 0 fully saturated rings. The molecule has 0 aliphatic rings. The average Bonchev–Trinajstić information content (AvgIpc) is 2.65. The Morgan fingerprint density at radius 2 is 1.93 bits per heavy atom. The first-order chi connectivity index (χ1) is 7.16. The lowest BCUT2D eigenvalue weighted by Crippen LogP contribution is -2.10. The number of carbonyl (C=O) groups excluding carboxylic acids is 1. The van der Waals surface area contributed by atoms with Crippen LogP contribution in [0.3, 0.4) is 0 Å². The molecule has 76 valence electrons. The molecule has 0 saturated heterocycles. The van der Waals surface area contributed by atoms with E-state index in [1.807, 2.05) is 0 Å². The Bertz CT molecular complexity index is 486. The summed E-state index contributed by atoms with van der Waals surface area (Å²) in [6, 6.07) is 6.89. The molecular weight excluding hydrogens is 192 g/mol. The van der Waals surface area contributed by atoms with Crippen LogP contribution in [0.2, 0.25) is 0 Å². The van der Waals surface area contributed by atoms with Gasteiger partial charge in [-0.1, -0.05) is 12.1 Å². The summed E-state index contributed by atoms with van der Waals surface area (Å²) in [6.45, 7) is 0. The number of H-pyrrole nitrogens is 1. The number of nitrogen functional groups attached to an aromatic ring is 1. The molecule has 0 saturated carbocycles. The Kier molecular flexibility index (Phi) is 2.13. The van der Waals surface area contributed by atoms with Crippen molar-refractivity contribution in [3.63, 3.8) is 0 Å². The summed E-state index contributed by atoms with van der Waals surface area (Å²) < 4.78 is 0. The lowest BCUT2D eigenvalue weighted by atomic mass is 10.1. The fraction of sp³-hybridized carbons (Fsp3) is 0. The highest BCUT2D eigenvalue weighted by Gasteiger charge is 2.03. The second-order valence-corrected chi connectivity index (χ2v) is 3.12. The third-order valence-electron chi connectivity index (χ3n) is 2.08. The predicted octanol–water partition coefficient (Wildman–Crippen LogP) is 0.758. The summed E-state index contributed by atoms with van der Waals surface area (Å²) in [5.41, 5.74) is 12.8. The van der Waals surface area contributed by atoms with Crippen LogP contribution in [0.5, 0.6) is 0 Å². The number of primary amides is 1. The largest absolute Gasteiger partial charge is 0.369 e. The van der Waals surface area contributed by atoms with E-state index in [-0.39, 0.29) is 0 Å². The molecular formula is C10H10N4O. The zero-order valence-corrected chi connectivity index (χ0v) is 7.90. The van der Waals surface area contributed by atoms with Gasteiger partial charge in [-0.15, -0.1) is 0 Å².